The summed E-state index contributed by atoms with van der Waals surface area (Å²) in [6.45, 7) is 9.31. The summed E-state index contributed by atoms with van der Waals surface area (Å²) in [4.78, 5) is 2.44. The van der Waals surface area contributed by atoms with Crippen LogP contribution >= 0.6 is 11.3 Å². The second-order valence-electron chi connectivity index (χ2n) is 5.45. The summed E-state index contributed by atoms with van der Waals surface area (Å²) in [6, 6.07) is 10.1. The monoisotopic (exact) mass is 291 g/mol. The molecule has 0 aliphatic heterocycles. The number of benzene rings is 1. The molecule has 1 heterocycles. The maximum atomic E-state index is 13.7. The van der Waals surface area contributed by atoms with Crippen molar-refractivity contribution in [2.24, 2.45) is 5.92 Å². The first-order valence-electron chi connectivity index (χ1n) is 7.12. The SMILES string of the molecule is CCNC(c1ccc(-c2ccc(C)c(F)c2)s1)C(C)C. The van der Waals surface area contributed by atoms with E-state index in [1.54, 1.807) is 24.3 Å². The van der Waals surface area contributed by atoms with Crippen molar-refractivity contribution in [1.82, 2.24) is 5.32 Å². The minimum atomic E-state index is -0.135. The van der Waals surface area contributed by atoms with Crippen LogP contribution in [-0.4, -0.2) is 6.54 Å². The molecule has 2 rings (SSSR count). The predicted molar refractivity (Wildman–Crippen MR) is 85.7 cm³/mol. The van der Waals surface area contributed by atoms with E-state index < -0.39 is 0 Å². The van der Waals surface area contributed by atoms with Gasteiger partial charge in [0.25, 0.3) is 0 Å². The second-order valence-corrected chi connectivity index (χ2v) is 6.56. The van der Waals surface area contributed by atoms with E-state index in [9.17, 15) is 4.39 Å². The van der Waals surface area contributed by atoms with Crippen molar-refractivity contribution in [2.45, 2.75) is 33.7 Å². The van der Waals surface area contributed by atoms with Crippen LogP contribution in [0.3, 0.4) is 0 Å². The highest BCUT2D eigenvalue weighted by Crippen LogP contribution is 2.34. The summed E-state index contributed by atoms with van der Waals surface area (Å²) in [5.41, 5.74) is 1.65. The summed E-state index contributed by atoms with van der Waals surface area (Å²) in [5.74, 6) is 0.403. The van der Waals surface area contributed by atoms with Crippen LogP contribution in [-0.2, 0) is 0 Å². The Balaban J connectivity index is 2.29. The quantitative estimate of drug-likeness (QED) is 0.801. The van der Waals surface area contributed by atoms with Crippen LogP contribution in [0.2, 0.25) is 0 Å². The number of thiophene rings is 1. The van der Waals surface area contributed by atoms with Crippen LogP contribution < -0.4 is 5.32 Å². The zero-order valence-electron chi connectivity index (χ0n) is 12.5. The average molecular weight is 291 g/mol. The highest BCUT2D eigenvalue weighted by molar-refractivity contribution is 7.15. The van der Waals surface area contributed by atoms with Crippen LogP contribution in [0.4, 0.5) is 4.39 Å². The molecule has 1 aromatic carbocycles. The van der Waals surface area contributed by atoms with Gasteiger partial charge < -0.3 is 5.32 Å². The lowest BCUT2D eigenvalue weighted by Gasteiger charge is -2.20. The van der Waals surface area contributed by atoms with Crippen LogP contribution in [0.15, 0.2) is 30.3 Å². The molecule has 1 N–H and O–H groups in total. The van der Waals surface area contributed by atoms with E-state index >= 15 is 0 Å². The Bertz CT molecular complexity index is 574. The smallest absolute Gasteiger partial charge is 0.126 e. The van der Waals surface area contributed by atoms with Crippen LogP contribution in [0.1, 0.15) is 37.3 Å². The Hall–Kier alpha value is -1.19. The molecule has 0 radical (unpaired) electrons. The van der Waals surface area contributed by atoms with Gasteiger partial charge in [0.1, 0.15) is 5.82 Å². The summed E-state index contributed by atoms with van der Waals surface area (Å²) < 4.78 is 13.7. The van der Waals surface area contributed by atoms with Gasteiger partial charge in [-0.15, -0.1) is 11.3 Å². The highest BCUT2D eigenvalue weighted by Gasteiger charge is 2.17. The normalized spacial score (nSPS) is 12.9. The topological polar surface area (TPSA) is 12.0 Å². The third-order valence-electron chi connectivity index (χ3n) is 3.48. The molecule has 0 aliphatic rings. The molecule has 1 unspecified atom stereocenters. The van der Waals surface area contributed by atoms with Gasteiger partial charge in [-0.3, -0.25) is 0 Å². The Morgan fingerprint density at radius 2 is 1.95 bits per heavy atom. The van der Waals surface area contributed by atoms with Crippen molar-refractivity contribution in [2.75, 3.05) is 6.54 Å². The zero-order chi connectivity index (χ0) is 14.7. The molecule has 0 spiro atoms. The Labute approximate surface area is 124 Å². The molecule has 0 fully saturated rings. The molecule has 0 bridgehead atoms. The lowest BCUT2D eigenvalue weighted by Crippen LogP contribution is -2.24. The molecule has 0 saturated carbocycles. The highest BCUT2D eigenvalue weighted by atomic mass is 32.1. The number of rotatable bonds is 5. The Morgan fingerprint density at radius 3 is 2.55 bits per heavy atom. The van der Waals surface area contributed by atoms with Gasteiger partial charge in [0, 0.05) is 15.8 Å². The number of nitrogens with one attached hydrogen (secondary N) is 1. The van der Waals surface area contributed by atoms with E-state index in [1.165, 1.54) is 4.88 Å². The van der Waals surface area contributed by atoms with Gasteiger partial charge in [-0.25, -0.2) is 4.39 Å². The van der Waals surface area contributed by atoms with Crippen molar-refractivity contribution in [3.8, 4) is 10.4 Å². The van der Waals surface area contributed by atoms with Gasteiger partial charge >= 0.3 is 0 Å². The summed E-state index contributed by atoms with van der Waals surface area (Å²) >= 11 is 1.75. The van der Waals surface area contributed by atoms with E-state index in [2.05, 4.69) is 38.2 Å². The third kappa shape index (κ3) is 3.28. The fourth-order valence-corrected chi connectivity index (χ4v) is 3.56. The molecule has 3 heteroatoms. The number of aryl methyl sites for hydroxylation is 1. The molecule has 2 aromatic rings. The molecule has 1 aromatic heterocycles. The van der Waals surface area contributed by atoms with Gasteiger partial charge in [-0.05, 0) is 48.7 Å². The van der Waals surface area contributed by atoms with Crippen LogP contribution in [0.25, 0.3) is 10.4 Å². The number of hydrogen-bond acceptors (Lipinski definition) is 2. The minimum absolute atomic E-state index is 0.135. The summed E-state index contributed by atoms with van der Waals surface area (Å²) in [6.07, 6.45) is 0. The lowest BCUT2D eigenvalue weighted by molar-refractivity contribution is 0.428. The maximum Gasteiger partial charge on any atom is 0.126 e. The van der Waals surface area contributed by atoms with Crippen molar-refractivity contribution in [3.63, 3.8) is 0 Å². The first-order valence-corrected chi connectivity index (χ1v) is 7.94. The molecule has 0 aliphatic carbocycles. The van der Waals surface area contributed by atoms with Crippen LogP contribution in [0, 0.1) is 18.7 Å². The maximum absolute atomic E-state index is 13.7. The van der Waals surface area contributed by atoms with E-state index in [4.69, 9.17) is 0 Å². The fourth-order valence-electron chi connectivity index (χ4n) is 2.31. The molecule has 0 saturated heterocycles. The van der Waals surface area contributed by atoms with Gasteiger partial charge in [0.15, 0.2) is 0 Å². The largest absolute Gasteiger partial charge is 0.309 e. The Kier molecular flexibility index (Phi) is 4.95. The van der Waals surface area contributed by atoms with Crippen molar-refractivity contribution < 1.29 is 4.39 Å². The molecule has 0 amide bonds. The van der Waals surface area contributed by atoms with E-state index in [1.807, 2.05) is 12.1 Å². The lowest BCUT2D eigenvalue weighted by atomic mass is 10.0. The minimum Gasteiger partial charge on any atom is -0.309 e. The van der Waals surface area contributed by atoms with E-state index in [-0.39, 0.29) is 5.82 Å². The predicted octanol–water partition coefficient (Wildman–Crippen LogP) is 5.17. The third-order valence-corrected chi connectivity index (χ3v) is 4.70. The second kappa shape index (κ2) is 6.51. The van der Waals surface area contributed by atoms with Crippen molar-refractivity contribution in [3.05, 3.63) is 46.6 Å². The number of halogens is 1. The van der Waals surface area contributed by atoms with E-state index in [0.29, 0.717) is 17.5 Å². The average Bonchev–Trinajstić information content (AvgIpc) is 2.88. The van der Waals surface area contributed by atoms with Gasteiger partial charge in [0.2, 0.25) is 0 Å². The van der Waals surface area contributed by atoms with Crippen molar-refractivity contribution in [1.29, 1.82) is 0 Å². The molecular weight excluding hydrogens is 269 g/mol. The summed E-state index contributed by atoms with van der Waals surface area (Å²) in [7, 11) is 0. The van der Waals surface area contributed by atoms with Crippen molar-refractivity contribution >= 4 is 11.3 Å². The van der Waals surface area contributed by atoms with Gasteiger partial charge in [0.05, 0.1) is 0 Å². The molecular formula is C17H22FNS. The first-order chi connectivity index (χ1) is 9.52. The molecule has 1 atom stereocenters. The fraction of sp³-hybridized carbons (Fsp3) is 0.412. The first kappa shape index (κ1) is 15.2. The van der Waals surface area contributed by atoms with Gasteiger partial charge in [-0.2, -0.15) is 0 Å². The molecule has 20 heavy (non-hydrogen) atoms. The standard InChI is InChI=1S/C17H22FNS/c1-5-19-17(11(2)3)16-9-8-15(20-16)13-7-6-12(4)14(18)10-13/h6-11,17,19H,5H2,1-4H3. The van der Waals surface area contributed by atoms with Gasteiger partial charge in [-0.1, -0.05) is 32.9 Å². The van der Waals surface area contributed by atoms with Crippen LogP contribution in [0.5, 0.6) is 0 Å². The zero-order valence-corrected chi connectivity index (χ0v) is 13.4. The Morgan fingerprint density at radius 1 is 1.20 bits per heavy atom. The number of hydrogen-bond donors (Lipinski definition) is 1. The van der Waals surface area contributed by atoms with E-state index in [0.717, 1.165) is 17.0 Å². The molecule has 108 valence electrons. The summed E-state index contributed by atoms with van der Waals surface area (Å²) in [5, 5.41) is 3.52. The molecule has 1 nitrogen and oxygen atoms in total.